The molecule has 0 radical (unpaired) electrons. The molecule has 0 aromatic carbocycles. The summed E-state index contributed by atoms with van der Waals surface area (Å²) < 4.78 is 0. The van der Waals surface area contributed by atoms with Crippen LogP contribution in [0.3, 0.4) is 0 Å². The monoisotopic (exact) mass is 265 g/mol. The summed E-state index contributed by atoms with van der Waals surface area (Å²) in [6.07, 6.45) is 12.9. The van der Waals surface area contributed by atoms with E-state index in [1.165, 1.54) is 32.4 Å². The molecule has 0 saturated carbocycles. The zero-order valence-electron chi connectivity index (χ0n) is 13.1. The van der Waals surface area contributed by atoms with Crippen molar-refractivity contribution in [3.05, 3.63) is 35.8 Å². The molecule has 0 amide bonds. The van der Waals surface area contributed by atoms with E-state index in [0.29, 0.717) is 0 Å². The molecule has 3 N–H and O–H groups in total. The van der Waals surface area contributed by atoms with Gasteiger partial charge in [0, 0.05) is 5.70 Å². The summed E-state index contributed by atoms with van der Waals surface area (Å²) in [6.45, 7) is 8.71. The molecule has 1 fully saturated rings. The maximum Gasteiger partial charge on any atom is 0.0118 e. The van der Waals surface area contributed by atoms with Crippen molar-refractivity contribution >= 4 is 0 Å². The zero-order valence-corrected chi connectivity index (χ0v) is 13.1. The highest BCUT2D eigenvalue weighted by molar-refractivity contribution is 5.19. The van der Waals surface area contributed by atoms with Crippen molar-refractivity contribution < 1.29 is 0 Å². The third-order valence-electron chi connectivity index (χ3n) is 2.95. The fourth-order valence-corrected chi connectivity index (χ4v) is 1.79. The lowest BCUT2D eigenvalue weighted by Crippen LogP contribution is -2.24. The van der Waals surface area contributed by atoms with Crippen molar-refractivity contribution in [3.8, 4) is 0 Å². The van der Waals surface area contributed by atoms with Crippen LogP contribution in [0, 0.1) is 0 Å². The first kappa shape index (κ1) is 17.8. The minimum atomic E-state index is 1.05. The lowest BCUT2D eigenvalue weighted by Gasteiger charge is -2.20. The Morgan fingerprint density at radius 1 is 1.21 bits per heavy atom. The number of likely N-dealkylation sites (tertiary alicyclic amines) is 1. The first-order chi connectivity index (χ1) is 9.10. The topological polar surface area (TPSA) is 41.3 Å². The van der Waals surface area contributed by atoms with Gasteiger partial charge in [0.15, 0.2) is 0 Å². The van der Waals surface area contributed by atoms with E-state index in [1.54, 1.807) is 6.20 Å². The normalized spacial score (nSPS) is 18.1. The van der Waals surface area contributed by atoms with Gasteiger partial charge in [-0.25, -0.2) is 0 Å². The van der Waals surface area contributed by atoms with Crippen LogP contribution in [0.4, 0.5) is 0 Å². The van der Waals surface area contributed by atoms with E-state index in [2.05, 4.69) is 30.3 Å². The van der Waals surface area contributed by atoms with Crippen molar-refractivity contribution in [1.29, 1.82) is 0 Å². The van der Waals surface area contributed by atoms with Crippen molar-refractivity contribution in [2.24, 2.45) is 5.73 Å². The molecule has 1 rings (SSSR count). The Labute approximate surface area is 119 Å². The van der Waals surface area contributed by atoms with Crippen LogP contribution in [-0.4, -0.2) is 25.0 Å². The van der Waals surface area contributed by atoms with E-state index in [4.69, 9.17) is 5.73 Å². The van der Waals surface area contributed by atoms with Gasteiger partial charge >= 0.3 is 0 Å². The van der Waals surface area contributed by atoms with Crippen LogP contribution < -0.4 is 11.1 Å². The van der Waals surface area contributed by atoms with Crippen LogP contribution in [0.25, 0.3) is 0 Å². The second-order valence-corrected chi connectivity index (χ2v) is 5.06. The zero-order chi connectivity index (χ0) is 14.5. The van der Waals surface area contributed by atoms with Gasteiger partial charge in [0.05, 0.1) is 0 Å². The van der Waals surface area contributed by atoms with Gasteiger partial charge in [0.2, 0.25) is 0 Å². The fraction of sp³-hybridized carbons (Fsp3) is 0.625. The number of allylic oxidation sites excluding steroid dienone is 4. The van der Waals surface area contributed by atoms with Crippen LogP contribution in [0.1, 0.15) is 46.5 Å². The van der Waals surface area contributed by atoms with Gasteiger partial charge in [0.25, 0.3) is 0 Å². The highest BCUT2D eigenvalue weighted by Gasteiger charge is 2.02. The Bertz CT molecular complexity index is 297. The van der Waals surface area contributed by atoms with Gasteiger partial charge in [-0.15, -0.1) is 0 Å². The summed E-state index contributed by atoms with van der Waals surface area (Å²) in [5.74, 6) is 0. The molecule has 0 unspecified atom stereocenters. The Hall–Kier alpha value is -1.22. The second kappa shape index (κ2) is 11.8. The molecule has 110 valence electrons. The Morgan fingerprint density at radius 3 is 2.26 bits per heavy atom. The summed E-state index contributed by atoms with van der Waals surface area (Å²) in [7, 11) is 2.19. The van der Waals surface area contributed by atoms with E-state index in [9.17, 15) is 0 Å². The Morgan fingerprint density at radius 2 is 1.84 bits per heavy atom. The number of nitrogens with two attached hydrogens (primary N) is 1. The van der Waals surface area contributed by atoms with E-state index in [-0.39, 0.29) is 0 Å². The van der Waals surface area contributed by atoms with Gasteiger partial charge in [0.1, 0.15) is 0 Å². The molecule has 19 heavy (non-hydrogen) atoms. The third kappa shape index (κ3) is 11.6. The van der Waals surface area contributed by atoms with Crippen LogP contribution in [-0.2, 0) is 0 Å². The van der Waals surface area contributed by atoms with Crippen molar-refractivity contribution in [3.63, 3.8) is 0 Å². The summed E-state index contributed by atoms with van der Waals surface area (Å²) in [6, 6.07) is 0. The molecule has 1 heterocycles. The summed E-state index contributed by atoms with van der Waals surface area (Å²) in [5, 5.41) is 3.13. The van der Waals surface area contributed by atoms with Crippen LogP contribution in [0.2, 0.25) is 0 Å². The predicted molar refractivity (Wildman–Crippen MR) is 85.6 cm³/mol. The molecule has 0 aromatic rings. The number of rotatable bonds is 4. The SMILES string of the molecule is CC/C=C\N/C(C)=C/C(C)=C\N.CN1CCCCC1. The Balaban J connectivity index is 0.000000388. The maximum absolute atomic E-state index is 5.32. The van der Waals surface area contributed by atoms with Crippen molar-refractivity contribution in [1.82, 2.24) is 10.2 Å². The molecule has 0 aromatic heterocycles. The maximum atomic E-state index is 5.32. The predicted octanol–water partition coefficient (Wildman–Crippen LogP) is 3.37. The number of hydrogen-bond acceptors (Lipinski definition) is 3. The van der Waals surface area contributed by atoms with Gasteiger partial charge in [-0.2, -0.15) is 0 Å². The van der Waals surface area contributed by atoms with Gasteiger partial charge in [-0.05, 0) is 77.3 Å². The van der Waals surface area contributed by atoms with Crippen LogP contribution >= 0.6 is 0 Å². The standard InChI is InChI=1S/C10H18N2.C6H13N/c1-4-5-6-12-10(3)7-9(2)8-11;1-7-5-3-2-4-6-7/h5-8,12H,4,11H2,1-3H3;2-6H2,1H3/b6-5-,9-8-,10-7+;. The minimum absolute atomic E-state index is 1.05. The molecule has 0 bridgehead atoms. The van der Waals surface area contributed by atoms with Gasteiger partial charge < -0.3 is 16.0 Å². The first-order valence-electron chi connectivity index (χ1n) is 7.27. The van der Waals surface area contributed by atoms with E-state index in [0.717, 1.165) is 17.7 Å². The molecule has 3 nitrogen and oxygen atoms in total. The Kier molecular flexibility index (Phi) is 11.1. The van der Waals surface area contributed by atoms with E-state index in [1.807, 2.05) is 26.1 Å². The lowest BCUT2D eigenvalue weighted by atomic mass is 10.1. The molecular weight excluding hydrogens is 234 g/mol. The average molecular weight is 265 g/mol. The molecule has 3 heteroatoms. The molecule has 0 spiro atoms. The molecule has 0 atom stereocenters. The molecule has 1 aliphatic rings. The van der Waals surface area contributed by atoms with Crippen LogP contribution in [0.15, 0.2) is 35.8 Å². The van der Waals surface area contributed by atoms with Crippen molar-refractivity contribution in [2.75, 3.05) is 20.1 Å². The van der Waals surface area contributed by atoms with Crippen LogP contribution in [0.5, 0.6) is 0 Å². The number of nitrogens with zero attached hydrogens (tertiary/aromatic N) is 1. The summed E-state index contributed by atoms with van der Waals surface area (Å²) >= 11 is 0. The summed E-state index contributed by atoms with van der Waals surface area (Å²) in [4.78, 5) is 2.39. The number of nitrogens with one attached hydrogen (secondary N) is 1. The highest BCUT2D eigenvalue weighted by atomic mass is 15.1. The van der Waals surface area contributed by atoms with Gasteiger partial charge in [-0.1, -0.05) is 19.4 Å². The second-order valence-electron chi connectivity index (χ2n) is 5.06. The largest absolute Gasteiger partial charge is 0.404 e. The minimum Gasteiger partial charge on any atom is -0.404 e. The fourth-order valence-electron chi connectivity index (χ4n) is 1.79. The smallest absolute Gasteiger partial charge is 0.0118 e. The van der Waals surface area contributed by atoms with Gasteiger partial charge in [-0.3, -0.25) is 0 Å². The number of piperidine rings is 1. The lowest BCUT2D eigenvalue weighted by molar-refractivity contribution is 0.277. The first-order valence-corrected chi connectivity index (χ1v) is 7.27. The molecule has 1 aliphatic heterocycles. The van der Waals surface area contributed by atoms with E-state index < -0.39 is 0 Å². The summed E-state index contributed by atoms with van der Waals surface area (Å²) in [5.41, 5.74) is 7.48. The molecule has 1 saturated heterocycles. The average Bonchev–Trinajstić information content (AvgIpc) is 2.40. The number of hydrogen-bond donors (Lipinski definition) is 2. The van der Waals surface area contributed by atoms with Crippen molar-refractivity contribution in [2.45, 2.75) is 46.5 Å². The third-order valence-corrected chi connectivity index (χ3v) is 2.95. The highest BCUT2D eigenvalue weighted by Crippen LogP contribution is 2.04. The molecule has 0 aliphatic carbocycles. The van der Waals surface area contributed by atoms with E-state index >= 15 is 0 Å². The quantitative estimate of drug-likeness (QED) is 0.766. The molecular formula is C16H31N3.